The Balaban J connectivity index is 2.50. The topological polar surface area (TPSA) is 94.8 Å². The van der Waals surface area contributed by atoms with E-state index in [0.29, 0.717) is 10.1 Å². The van der Waals surface area contributed by atoms with Crippen LogP contribution in [0.25, 0.3) is 10.1 Å². The zero-order valence-corrected chi connectivity index (χ0v) is 10.5. The first-order valence-corrected chi connectivity index (χ1v) is 7.25. The van der Waals surface area contributed by atoms with Gasteiger partial charge in [-0.05, 0) is 29.1 Å². The first-order chi connectivity index (χ1) is 8.29. The number of rotatable bonds is 3. The Kier molecular flexibility index (Phi) is 3.25. The monoisotopic (exact) mass is 290 g/mol. The smallest absolute Gasteiger partial charge is 0.363 e. The Morgan fingerprint density at radius 2 is 2.00 bits per heavy atom. The molecule has 1 unspecified atom stereocenters. The van der Waals surface area contributed by atoms with E-state index < -0.39 is 19.5 Å². The molecule has 1 aromatic carbocycles. The molecule has 0 amide bonds. The van der Waals surface area contributed by atoms with Crippen molar-refractivity contribution in [3.8, 4) is 0 Å². The van der Waals surface area contributed by atoms with Crippen LogP contribution in [0.3, 0.4) is 0 Å². The number of hydrogen-bond acceptors (Lipinski definition) is 3. The van der Waals surface area contributed by atoms with E-state index in [4.69, 9.17) is 14.9 Å². The zero-order valence-electron chi connectivity index (χ0n) is 8.78. The van der Waals surface area contributed by atoms with Crippen molar-refractivity contribution in [2.24, 2.45) is 0 Å². The van der Waals surface area contributed by atoms with Crippen molar-refractivity contribution in [2.75, 3.05) is 0 Å². The highest BCUT2D eigenvalue weighted by Gasteiger charge is 2.30. The summed E-state index contributed by atoms with van der Waals surface area (Å²) in [5.74, 6) is -3.49. The summed E-state index contributed by atoms with van der Waals surface area (Å²) in [7, 11) is -4.85. The molecule has 3 N–H and O–H groups in total. The quantitative estimate of drug-likeness (QED) is 0.755. The molecule has 0 bridgehead atoms. The number of carboxylic acid groups (broad SMARTS) is 1. The van der Waals surface area contributed by atoms with Crippen LogP contribution in [0, 0.1) is 0 Å². The average molecular weight is 290 g/mol. The fraction of sp³-hybridized carbons (Fsp3) is 0.100. The third-order valence-corrected chi connectivity index (χ3v) is 4.31. The highest BCUT2D eigenvalue weighted by Crippen LogP contribution is 2.53. The third kappa shape index (κ3) is 2.44. The summed E-state index contributed by atoms with van der Waals surface area (Å²) in [6.45, 7) is 0. The Morgan fingerprint density at radius 3 is 2.56 bits per heavy atom. The van der Waals surface area contributed by atoms with E-state index in [0.717, 1.165) is 11.3 Å². The molecule has 18 heavy (non-hydrogen) atoms. The fourth-order valence-corrected chi connectivity index (χ4v) is 2.94. The summed E-state index contributed by atoms with van der Waals surface area (Å²) < 4.78 is 24.9. The molecule has 0 saturated carbocycles. The molecule has 2 aromatic rings. The van der Waals surface area contributed by atoms with Gasteiger partial charge in [0.2, 0.25) is 5.91 Å². The van der Waals surface area contributed by atoms with E-state index in [1.165, 1.54) is 24.3 Å². The van der Waals surface area contributed by atoms with Gasteiger partial charge in [0, 0.05) is 4.70 Å². The lowest BCUT2D eigenvalue weighted by Gasteiger charge is -2.09. The predicted octanol–water partition coefficient (Wildman–Crippen LogP) is 2.75. The zero-order chi connectivity index (χ0) is 13.5. The van der Waals surface area contributed by atoms with Crippen molar-refractivity contribution in [3.05, 3.63) is 34.7 Å². The SMILES string of the molecule is O=C(O)c1cc2cc(C(F)P(=O)(O)O)ccc2s1. The molecule has 0 aliphatic carbocycles. The molecule has 0 saturated heterocycles. The van der Waals surface area contributed by atoms with Gasteiger partial charge in [-0.25, -0.2) is 9.18 Å². The summed E-state index contributed by atoms with van der Waals surface area (Å²) in [6, 6.07) is 5.29. The number of aromatic carboxylic acids is 1. The molecule has 96 valence electrons. The molecule has 5 nitrogen and oxygen atoms in total. The first kappa shape index (κ1) is 13.2. The Morgan fingerprint density at radius 1 is 1.33 bits per heavy atom. The molecule has 0 spiro atoms. The van der Waals surface area contributed by atoms with E-state index in [1.54, 1.807) is 0 Å². The normalized spacial score (nSPS) is 13.7. The highest BCUT2D eigenvalue weighted by atomic mass is 32.1. The summed E-state index contributed by atoms with van der Waals surface area (Å²) >= 11 is 1.02. The van der Waals surface area contributed by atoms with Gasteiger partial charge in [0.1, 0.15) is 4.88 Å². The van der Waals surface area contributed by atoms with Crippen LogP contribution in [-0.4, -0.2) is 20.9 Å². The molecule has 0 aliphatic rings. The van der Waals surface area contributed by atoms with E-state index in [2.05, 4.69) is 0 Å². The molecule has 1 aromatic heterocycles. The van der Waals surface area contributed by atoms with Crippen LogP contribution < -0.4 is 0 Å². The number of carboxylic acids is 1. The van der Waals surface area contributed by atoms with Crippen LogP contribution in [-0.2, 0) is 4.57 Å². The van der Waals surface area contributed by atoms with Gasteiger partial charge in [0.25, 0.3) is 0 Å². The molecular formula is C10H8FO5PS. The van der Waals surface area contributed by atoms with Gasteiger partial charge in [0.15, 0.2) is 0 Å². The maximum atomic E-state index is 13.5. The molecule has 0 aliphatic heterocycles. The van der Waals surface area contributed by atoms with E-state index in [9.17, 15) is 13.8 Å². The summed E-state index contributed by atoms with van der Waals surface area (Å²) in [4.78, 5) is 28.4. The van der Waals surface area contributed by atoms with Crippen molar-refractivity contribution in [2.45, 2.75) is 5.91 Å². The number of benzene rings is 1. The molecule has 2 rings (SSSR count). The second kappa shape index (κ2) is 4.44. The van der Waals surface area contributed by atoms with Gasteiger partial charge in [-0.15, -0.1) is 11.3 Å². The number of thiophene rings is 1. The third-order valence-electron chi connectivity index (χ3n) is 2.32. The maximum Gasteiger partial charge on any atom is 0.363 e. The minimum absolute atomic E-state index is 0.0914. The summed E-state index contributed by atoms with van der Waals surface area (Å²) in [5, 5.41) is 9.26. The van der Waals surface area contributed by atoms with Gasteiger partial charge in [-0.3, -0.25) is 4.57 Å². The highest BCUT2D eigenvalue weighted by molar-refractivity contribution is 7.51. The van der Waals surface area contributed by atoms with Crippen LogP contribution in [0.4, 0.5) is 4.39 Å². The van der Waals surface area contributed by atoms with Crippen LogP contribution in [0.2, 0.25) is 0 Å². The lowest BCUT2D eigenvalue weighted by atomic mass is 10.2. The summed E-state index contributed by atoms with van der Waals surface area (Å²) in [6.07, 6.45) is 0. The number of halogens is 1. The Hall–Kier alpha value is -1.27. The van der Waals surface area contributed by atoms with Gasteiger partial charge in [-0.2, -0.15) is 0 Å². The first-order valence-electron chi connectivity index (χ1n) is 4.75. The number of hydrogen-bond donors (Lipinski definition) is 3. The minimum Gasteiger partial charge on any atom is -0.477 e. The van der Waals surface area contributed by atoms with Crippen molar-refractivity contribution in [1.82, 2.24) is 0 Å². The molecular weight excluding hydrogens is 282 g/mol. The number of fused-ring (bicyclic) bond motifs is 1. The lowest BCUT2D eigenvalue weighted by Crippen LogP contribution is -1.92. The Labute approximate surface area is 105 Å². The van der Waals surface area contributed by atoms with Gasteiger partial charge < -0.3 is 14.9 Å². The fourth-order valence-electron chi connectivity index (χ4n) is 1.51. The predicted molar refractivity (Wildman–Crippen MR) is 64.7 cm³/mol. The average Bonchev–Trinajstić information content (AvgIpc) is 2.69. The Bertz CT molecular complexity index is 661. The van der Waals surface area contributed by atoms with E-state index >= 15 is 0 Å². The van der Waals surface area contributed by atoms with Crippen LogP contribution in [0.1, 0.15) is 21.1 Å². The molecule has 0 fully saturated rings. The van der Waals surface area contributed by atoms with E-state index in [1.807, 2.05) is 0 Å². The second-order valence-electron chi connectivity index (χ2n) is 3.64. The maximum absolute atomic E-state index is 13.5. The molecule has 1 heterocycles. The van der Waals surface area contributed by atoms with Gasteiger partial charge in [0.05, 0.1) is 0 Å². The van der Waals surface area contributed by atoms with Gasteiger partial charge >= 0.3 is 13.6 Å². The van der Waals surface area contributed by atoms with Crippen molar-refractivity contribution in [3.63, 3.8) is 0 Å². The van der Waals surface area contributed by atoms with Crippen molar-refractivity contribution in [1.29, 1.82) is 0 Å². The molecule has 0 radical (unpaired) electrons. The second-order valence-corrected chi connectivity index (χ2v) is 6.35. The lowest BCUT2D eigenvalue weighted by molar-refractivity contribution is 0.0702. The largest absolute Gasteiger partial charge is 0.477 e. The minimum atomic E-state index is -4.85. The van der Waals surface area contributed by atoms with E-state index in [-0.39, 0.29) is 10.4 Å². The van der Waals surface area contributed by atoms with Crippen LogP contribution in [0.5, 0.6) is 0 Å². The van der Waals surface area contributed by atoms with Crippen LogP contribution in [0.15, 0.2) is 24.3 Å². The van der Waals surface area contributed by atoms with Crippen LogP contribution >= 0.6 is 18.9 Å². The molecule has 8 heteroatoms. The summed E-state index contributed by atoms with van der Waals surface area (Å²) in [5.41, 5.74) is -0.162. The molecule has 1 atom stereocenters. The standard InChI is InChI=1S/C10H8FO5PS/c11-9(17(14,15)16)5-1-2-7-6(3-5)4-8(18-7)10(12)13/h1-4,9H,(H,12,13)(H2,14,15,16). The number of alkyl halides is 1. The van der Waals surface area contributed by atoms with Crippen molar-refractivity contribution < 1.29 is 28.6 Å². The number of carbonyl (C=O) groups is 1. The van der Waals surface area contributed by atoms with Gasteiger partial charge in [-0.1, -0.05) is 6.07 Å². The van der Waals surface area contributed by atoms with Crippen molar-refractivity contribution >= 4 is 35.0 Å².